The lowest BCUT2D eigenvalue weighted by Gasteiger charge is -2.22. The summed E-state index contributed by atoms with van der Waals surface area (Å²) >= 11 is 0. The SMILES string of the molecule is CCCCCON=C(N)c1ccc(NCCc2cccc(C(=O)N(CCC(=O)Oc3ccccc3OC)c3ccccn3)c2)cc1. The van der Waals surface area contributed by atoms with Crippen LogP contribution >= 0.6 is 0 Å². The molecule has 10 nitrogen and oxygen atoms in total. The summed E-state index contributed by atoms with van der Waals surface area (Å²) in [6, 6.07) is 27.4. The number of nitrogens with one attached hydrogen (secondary N) is 1. The molecule has 0 spiro atoms. The number of aromatic nitrogens is 1. The molecule has 1 aromatic heterocycles. The molecule has 46 heavy (non-hydrogen) atoms. The molecule has 4 aromatic rings. The first kappa shape index (κ1) is 33.5. The van der Waals surface area contributed by atoms with Gasteiger partial charge in [0.25, 0.3) is 5.91 Å². The summed E-state index contributed by atoms with van der Waals surface area (Å²) in [7, 11) is 1.51. The molecule has 10 heteroatoms. The summed E-state index contributed by atoms with van der Waals surface area (Å²) in [4.78, 5) is 37.6. The highest BCUT2D eigenvalue weighted by Crippen LogP contribution is 2.26. The molecule has 4 rings (SSSR count). The number of esters is 1. The number of nitrogens with zero attached hydrogens (tertiary/aromatic N) is 3. The van der Waals surface area contributed by atoms with Crippen LogP contribution in [0.2, 0.25) is 0 Å². The van der Waals surface area contributed by atoms with Gasteiger partial charge in [0.2, 0.25) is 0 Å². The topological polar surface area (TPSA) is 128 Å². The zero-order chi connectivity index (χ0) is 32.6. The average molecular weight is 624 g/mol. The molecular weight excluding hydrogens is 582 g/mol. The Kier molecular flexibility index (Phi) is 13.0. The van der Waals surface area contributed by atoms with E-state index in [9.17, 15) is 9.59 Å². The Hall–Kier alpha value is -5.38. The summed E-state index contributed by atoms with van der Waals surface area (Å²) in [5, 5.41) is 7.41. The van der Waals surface area contributed by atoms with Crippen LogP contribution < -0.4 is 25.4 Å². The first-order valence-corrected chi connectivity index (χ1v) is 15.4. The van der Waals surface area contributed by atoms with Gasteiger partial charge < -0.3 is 25.4 Å². The molecule has 3 aromatic carbocycles. The number of pyridine rings is 1. The molecule has 3 N–H and O–H groups in total. The van der Waals surface area contributed by atoms with E-state index in [2.05, 4.69) is 22.4 Å². The number of ether oxygens (including phenoxy) is 2. The van der Waals surface area contributed by atoms with Gasteiger partial charge >= 0.3 is 5.97 Å². The van der Waals surface area contributed by atoms with Gasteiger partial charge in [-0.05, 0) is 79.1 Å². The van der Waals surface area contributed by atoms with Crippen LogP contribution in [0.3, 0.4) is 0 Å². The normalized spacial score (nSPS) is 11.0. The van der Waals surface area contributed by atoms with Crippen molar-refractivity contribution in [2.45, 2.75) is 39.0 Å². The quantitative estimate of drug-likeness (QED) is 0.0355. The lowest BCUT2D eigenvalue weighted by molar-refractivity contribution is -0.134. The van der Waals surface area contributed by atoms with E-state index in [1.54, 1.807) is 54.7 Å². The van der Waals surface area contributed by atoms with Crippen molar-refractivity contribution in [2.75, 3.05) is 37.0 Å². The molecule has 0 radical (unpaired) electrons. The van der Waals surface area contributed by atoms with E-state index >= 15 is 0 Å². The van der Waals surface area contributed by atoms with Crippen LogP contribution in [0.1, 0.15) is 54.1 Å². The van der Waals surface area contributed by atoms with Gasteiger partial charge in [0.1, 0.15) is 12.4 Å². The molecule has 0 aliphatic heterocycles. The molecule has 0 fully saturated rings. The van der Waals surface area contributed by atoms with Crippen LogP contribution in [0, 0.1) is 0 Å². The monoisotopic (exact) mass is 623 g/mol. The summed E-state index contributed by atoms with van der Waals surface area (Å²) in [6.45, 7) is 3.44. The molecule has 0 aliphatic rings. The first-order chi connectivity index (χ1) is 22.5. The highest BCUT2D eigenvalue weighted by atomic mass is 16.6. The number of amidine groups is 1. The Morgan fingerprint density at radius 2 is 1.70 bits per heavy atom. The highest BCUT2D eigenvalue weighted by molar-refractivity contribution is 6.06. The van der Waals surface area contributed by atoms with Crippen LogP contribution in [-0.4, -0.2) is 49.5 Å². The van der Waals surface area contributed by atoms with Gasteiger partial charge in [-0.1, -0.05) is 55.3 Å². The van der Waals surface area contributed by atoms with Gasteiger partial charge in [-0.15, -0.1) is 0 Å². The van der Waals surface area contributed by atoms with Gasteiger partial charge in [-0.2, -0.15) is 0 Å². The fourth-order valence-corrected chi connectivity index (χ4v) is 4.62. The van der Waals surface area contributed by atoms with Crippen molar-refractivity contribution in [2.24, 2.45) is 10.9 Å². The van der Waals surface area contributed by atoms with Crippen molar-refractivity contribution in [1.29, 1.82) is 0 Å². The Bertz CT molecular complexity index is 1580. The van der Waals surface area contributed by atoms with Crippen LogP contribution in [-0.2, 0) is 16.1 Å². The fraction of sp³-hybridized carbons (Fsp3) is 0.278. The van der Waals surface area contributed by atoms with Crippen LogP contribution in [0.15, 0.2) is 102 Å². The number of anilines is 2. The molecule has 0 unspecified atom stereocenters. The number of hydrogen-bond acceptors (Lipinski definition) is 8. The van der Waals surface area contributed by atoms with Crippen molar-refractivity contribution in [3.8, 4) is 11.5 Å². The van der Waals surface area contributed by atoms with Gasteiger partial charge in [-0.25, -0.2) is 4.98 Å². The Balaban J connectivity index is 1.34. The van der Waals surface area contributed by atoms with Gasteiger partial charge in [0.15, 0.2) is 17.3 Å². The highest BCUT2D eigenvalue weighted by Gasteiger charge is 2.21. The number of hydrogen-bond donors (Lipinski definition) is 2. The van der Waals surface area contributed by atoms with Gasteiger partial charge in [0.05, 0.1) is 13.5 Å². The second kappa shape index (κ2) is 17.8. The van der Waals surface area contributed by atoms with Crippen molar-refractivity contribution in [3.05, 3.63) is 114 Å². The molecule has 0 saturated heterocycles. The van der Waals surface area contributed by atoms with E-state index in [0.29, 0.717) is 48.3 Å². The standard InChI is InChI=1S/C36H41N5O5/c1-3-4-9-25-45-40-35(37)28-16-18-30(19-17-28)38-23-20-27-11-10-12-29(26-27)36(43)41(33-15-7-8-22-39-33)24-21-34(42)46-32-14-6-5-13-31(32)44-2/h5-8,10-19,22,26,38H,3-4,9,20-21,23-25H2,1-2H3,(H2,37,40). The number of oxime groups is 1. The number of carbonyl (C=O) groups is 2. The molecule has 0 atom stereocenters. The number of benzene rings is 3. The third kappa shape index (κ3) is 10.1. The minimum absolute atomic E-state index is 0.0355. The van der Waals surface area contributed by atoms with Crippen molar-refractivity contribution < 1.29 is 23.9 Å². The molecule has 0 bridgehead atoms. The van der Waals surface area contributed by atoms with Crippen LogP contribution in [0.25, 0.3) is 0 Å². The van der Waals surface area contributed by atoms with E-state index in [-0.39, 0.29) is 18.9 Å². The zero-order valence-corrected chi connectivity index (χ0v) is 26.4. The first-order valence-electron chi connectivity index (χ1n) is 15.4. The summed E-state index contributed by atoms with van der Waals surface area (Å²) < 4.78 is 10.8. The number of unbranched alkanes of at least 4 members (excludes halogenated alkanes) is 2. The molecule has 1 heterocycles. The van der Waals surface area contributed by atoms with E-state index in [1.165, 1.54) is 12.0 Å². The lowest BCUT2D eigenvalue weighted by atomic mass is 10.1. The fourth-order valence-electron chi connectivity index (χ4n) is 4.62. The van der Waals surface area contributed by atoms with Crippen LogP contribution in [0.4, 0.5) is 11.5 Å². The zero-order valence-electron chi connectivity index (χ0n) is 26.4. The minimum Gasteiger partial charge on any atom is -0.493 e. The Morgan fingerprint density at radius 1 is 0.913 bits per heavy atom. The Labute approximate surface area is 270 Å². The van der Waals surface area contributed by atoms with Crippen LogP contribution in [0.5, 0.6) is 11.5 Å². The number of nitrogens with two attached hydrogens (primary N) is 1. The molecule has 0 aliphatic carbocycles. The third-order valence-electron chi connectivity index (χ3n) is 7.10. The maximum atomic E-state index is 13.7. The van der Waals surface area contributed by atoms with E-state index < -0.39 is 5.97 Å². The van der Waals surface area contributed by atoms with Gasteiger partial charge in [-0.3, -0.25) is 14.5 Å². The van der Waals surface area contributed by atoms with Gasteiger partial charge in [0, 0.05) is 36.1 Å². The van der Waals surface area contributed by atoms with E-state index in [0.717, 1.165) is 36.1 Å². The van der Waals surface area contributed by atoms with Crippen molar-refractivity contribution in [1.82, 2.24) is 4.98 Å². The van der Waals surface area contributed by atoms with E-state index in [1.807, 2.05) is 42.5 Å². The smallest absolute Gasteiger partial charge is 0.313 e. The number of para-hydroxylation sites is 2. The Morgan fingerprint density at radius 3 is 2.43 bits per heavy atom. The summed E-state index contributed by atoms with van der Waals surface area (Å²) in [6.07, 6.45) is 5.44. The molecule has 0 saturated carbocycles. The van der Waals surface area contributed by atoms with Crippen molar-refractivity contribution in [3.63, 3.8) is 0 Å². The number of methoxy groups -OCH3 is 1. The summed E-state index contributed by atoms with van der Waals surface area (Å²) in [5.74, 6) is 0.817. The predicted molar refractivity (Wildman–Crippen MR) is 180 cm³/mol. The van der Waals surface area contributed by atoms with Crippen molar-refractivity contribution >= 4 is 29.2 Å². The largest absolute Gasteiger partial charge is 0.493 e. The molecule has 1 amide bonds. The second-order valence-electron chi connectivity index (χ2n) is 10.5. The average Bonchev–Trinajstić information content (AvgIpc) is 3.09. The third-order valence-corrected chi connectivity index (χ3v) is 7.10. The predicted octanol–water partition coefficient (Wildman–Crippen LogP) is 6.21. The maximum Gasteiger partial charge on any atom is 0.313 e. The van der Waals surface area contributed by atoms with E-state index in [4.69, 9.17) is 20.0 Å². The minimum atomic E-state index is -0.489. The number of amides is 1. The number of rotatable bonds is 17. The number of carbonyl (C=O) groups excluding carboxylic acids is 2. The molecular formula is C36H41N5O5. The molecule has 240 valence electrons. The second-order valence-corrected chi connectivity index (χ2v) is 10.5. The lowest BCUT2D eigenvalue weighted by Crippen LogP contribution is -2.34. The summed E-state index contributed by atoms with van der Waals surface area (Å²) in [5.41, 5.74) is 9.27. The maximum absolute atomic E-state index is 13.7.